The molecule has 7 nitrogen and oxygen atoms in total. The van der Waals surface area contributed by atoms with E-state index < -0.39 is 6.10 Å². The van der Waals surface area contributed by atoms with Gasteiger partial charge in [-0.1, -0.05) is 25.4 Å². The van der Waals surface area contributed by atoms with Gasteiger partial charge in [-0.25, -0.2) is 4.98 Å². The number of nitrogens with one attached hydrogen (secondary N) is 1. The highest BCUT2D eigenvalue weighted by Gasteiger charge is 2.38. The van der Waals surface area contributed by atoms with Gasteiger partial charge < -0.3 is 15.8 Å². The standard InChI is InChI=1S/C19H21ClN4O3/c1-10(2)17-19(26)24(18-14(27-17)6-7-15(21)23-18)9-16(25)22-13-5-4-12(20)8-11(13)3/h4-8,10,17H,9H2,1-3H3,(H2,21,23)(H,22,25). The minimum absolute atomic E-state index is 0.0627. The first-order valence-corrected chi connectivity index (χ1v) is 8.94. The van der Waals surface area contributed by atoms with Crippen LogP contribution in [0, 0.1) is 12.8 Å². The molecule has 3 N–H and O–H groups in total. The minimum Gasteiger partial charge on any atom is -0.476 e. The van der Waals surface area contributed by atoms with Crippen molar-refractivity contribution in [2.75, 3.05) is 22.5 Å². The zero-order valence-electron chi connectivity index (χ0n) is 15.3. The third kappa shape index (κ3) is 3.98. The van der Waals surface area contributed by atoms with Gasteiger partial charge in [-0.2, -0.15) is 0 Å². The van der Waals surface area contributed by atoms with Crippen LogP contribution in [0.2, 0.25) is 5.02 Å². The van der Waals surface area contributed by atoms with E-state index in [4.69, 9.17) is 22.1 Å². The van der Waals surface area contributed by atoms with Gasteiger partial charge in [0.2, 0.25) is 5.91 Å². The number of nitrogen functional groups attached to an aromatic ring is 1. The molecule has 8 heteroatoms. The molecular formula is C19H21ClN4O3. The first-order valence-electron chi connectivity index (χ1n) is 8.57. The Hall–Kier alpha value is -2.80. The number of halogens is 1. The first kappa shape index (κ1) is 19.0. The van der Waals surface area contributed by atoms with E-state index in [-0.39, 0.29) is 35.9 Å². The molecule has 0 saturated carbocycles. The lowest BCUT2D eigenvalue weighted by Gasteiger charge is -2.34. The number of nitrogens with zero attached hydrogens (tertiary/aromatic N) is 2. The number of anilines is 3. The van der Waals surface area contributed by atoms with Crippen molar-refractivity contribution in [2.45, 2.75) is 26.9 Å². The monoisotopic (exact) mass is 388 g/mol. The maximum Gasteiger partial charge on any atom is 0.270 e. The van der Waals surface area contributed by atoms with Crippen molar-refractivity contribution in [3.8, 4) is 5.75 Å². The molecule has 2 amide bonds. The van der Waals surface area contributed by atoms with Crippen molar-refractivity contribution in [3.63, 3.8) is 0 Å². The van der Waals surface area contributed by atoms with Crippen molar-refractivity contribution >= 4 is 40.7 Å². The Bertz CT molecular complexity index is 901. The van der Waals surface area contributed by atoms with E-state index in [0.29, 0.717) is 16.5 Å². The maximum absolute atomic E-state index is 12.9. The Balaban J connectivity index is 1.86. The predicted molar refractivity (Wildman–Crippen MR) is 105 cm³/mol. The summed E-state index contributed by atoms with van der Waals surface area (Å²) >= 11 is 5.95. The molecule has 0 saturated heterocycles. The molecule has 142 valence electrons. The largest absolute Gasteiger partial charge is 0.476 e. The number of ether oxygens (including phenoxy) is 1. The summed E-state index contributed by atoms with van der Waals surface area (Å²) in [5, 5.41) is 3.39. The molecule has 2 aromatic rings. The fourth-order valence-electron chi connectivity index (χ4n) is 2.86. The van der Waals surface area contributed by atoms with Gasteiger partial charge in [0, 0.05) is 10.7 Å². The zero-order chi connectivity index (χ0) is 19.7. The summed E-state index contributed by atoms with van der Waals surface area (Å²) in [6.45, 7) is 5.41. The predicted octanol–water partition coefficient (Wildman–Crippen LogP) is 3.01. The number of hydrogen-bond donors (Lipinski definition) is 2. The van der Waals surface area contributed by atoms with Crippen LogP contribution in [0.25, 0.3) is 0 Å². The lowest BCUT2D eigenvalue weighted by molar-refractivity contribution is -0.129. The fourth-order valence-corrected chi connectivity index (χ4v) is 3.08. The van der Waals surface area contributed by atoms with E-state index in [0.717, 1.165) is 5.56 Å². The van der Waals surface area contributed by atoms with E-state index in [1.54, 1.807) is 30.3 Å². The molecule has 1 unspecified atom stereocenters. The number of carbonyl (C=O) groups is 2. The Morgan fingerprint density at radius 1 is 1.37 bits per heavy atom. The van der Waals surface area contributed by atoms with E-state index in [9.17, 15) is 9.59 Å². The summed E-state index contributed by atoms with van der Waals surface area (Å²) < 4.78 is 5.77. The second-order valence-corrected chi connectivity index (χ2v) is 7.21. The van der Waals surface area contributed by atoms with E-state index in [1.165, 1.54) is 4.90 Å². The number of aromatic nitrogens is 1. The number of aryl methyl sites for hydroxylation is 1. The van der Waals surface area contributed by atoms with E-state index in [1.807, 2.05) is 20.8 Å². The number of benzene rings is 1. The Labute approximate surface area is 162 Å². The lowest BCUT2D eigenvalue weighted by Crippen LogP contribution is -2.51. The maximum atomic E-state index is 12.9. The molecule has 1 aromatic carbocycles. The molecule has 0 aliphatic carbocycles. The SMILES string of the molecule is Cc1cc(Cl)ccc1NC(=O)CN1C(=O)C(C(C)C)Oc2ccc(N)nc21. The van der Waals surface area contributed by atoms with Crippen LogP contribution in [0.4, 0.5) is 17.3 Å². The second kappa shape index (κ2) is 7.44. The number of amides is 2. The van der Waals surface area contributed by atoms with Gasteiger partial charge in [0.1, 0.15) is 12.4 Å². The number of nitrogens with two attached hydrogens (primary N) is 1. The number of rotatable bonds is 4. The quantitative estimate of drug-likeness (QED) is 0.839. The third-order valence-corrected chi connectivity index (χ3v) is 4.48. The number of carbonyl (C=O) groups excluding carboxylic acids is 2. The normalized spacial score (nSPS) is 16.1. The van der Waals surface area contributed by atoms with Gasteiger partial charge in [0.15, 0.2) is 17.7 Å². The summed E-state index contributed by atoms with van der Waals surface area (Å²) in [5.74, 6) is 0.184. The molecule has 0 bridgehead atoms. The molecule has 2 heterocycles. The van der Waals surface area contributed by atoms with Crippen LogP contribution >= 0.6 is 11.6 Å². The Morgan fingerprint density at radius 2 is 2.11 bits per heavy atom. The van der Waals surface area contributed by atoms with Gasteiger partial charge in [-0.05, 0) is 48.7 Å². The second-order valence-electron chi connectivity index (χ2n) is 6.77. The summed E-state index contributed by atoms with van der Waals surface area (Å²) in [5.41, 5.74) is 7.21. The molecule has 0 radical (unpaired) electrons. The fraction of sp³-hybridized carbons (Fsp3) is 0.316. The molecular weight excluding hydrogens is 368 g/mol. The molecule has 1 aliphatic heterocycles. The van der Waals surface area contributed by atoms with Gasteiger partial charge in [0.05, 0.1) is 0 Å². The van der Waals surface area contributed by atoms with Gasteiger partial charge >= 0.3 is 0 Å². The average molecular weight is 389 g/mol. The number of pyridine rings is 1. The molecule has 1 aromatic heterocycles. The van der Waals surface area contributed by atoms with Gasteiger partial charge in [-0.15, -0.1) is 0 Å². The average Bonchev–Trinajstić information content (AvgIpc) is 2.59. The Morgan fingerprint density at radius 3 is 2.78 bits per heavy atom. The third-order valence-electron chi connectivity index (χ3n) is 4.25. The van der Waals surface area contributed by atoms with E-state index in [2.05, 4.69) is 10.3 Å². The topological polar surface area (TPSA) is 97.5 Å². The Kier molecular flexibility index (Phi) is 5.23. The molecule has 27 heavy (non-hydrogen) atoms. The van der Waals surface area contributed by atoms with E-state index >= 15 is 0 Å². The number of fused-ring (bicyclic) bond motifs is 1. The summed E-state index contributed by atoms with van der Waals surface area (Å²) in [4.78, 5) is 31.0. The zero-order valence-corrected chi connectivity index (χ0v) is 16.1. The summed E-state index contributed by atoms with van der Waals surface area (Å²) in [6, 6.07) is 8.42. The van der Waals surface area contributed by atoms with Gasteiger partial charge in [-0.3, -0.25) is 14.5 Å². The van der Waals surface area contributed by atoms with Crippen LogP contribution in [0.15, 0.2) is 30.3 Å². The molecule has 1 atom stereocenters. The number of hydrogen-bond acceptors (Lipinski definition) is 5. The van der Waals surface area contributed by atoms with Gasteiger partial charge in [0.25, 0.3) is 5.91 Å². The van der Waals surface area contributed by atoms with Crippen LogP contribution in [0.5, 0.6) is 5.75 Å². The molecule has 3 rings (SSSR count). The van der Waals surface area contributed by atoms with Crippen LogP contribution < -0.4 is 20.7 Å². The van der Waals surface area contributed by atoms with Crippen molar-refractivity contribution in [1.29, 1.82) is 0 Å². The molecule has 0 fully saturated rings. The van der Waals surface area contributed by atoms with Crippen molar-refractivity contribution in [2.24, 2.45) is 5.92 Å². The summed E-state index contributed by atoms with van der Waals surface area (Å²) in [6.07, 6.45) is -0.687. The van der Waals surface area contributed by atoms with Crippen molar-refractivity contribution in [1.82, 2.24) is 4.98 Å². The minimum atomic E-state index is -0.687. The van der Waals surface area contributed by atoms with Crippen LogP contribution in [0.3, 0.4) is 0 Å². The van der Waals surface area contributed by atoms with Crippen LogP contribution in [-0.4, -0.2) is 29.4 Å². The lowest BCUT2D eigenvalue weighted by atomic mass is 10.0. The van der Waals surface area contributed by atoms with Crippen molar-refractivity contribution < 1.29 is 14.3 Å². The summed E-state index contributed by atoms with van der Waals surface area (Å²) in [7, 11) is 0. The first-order chi connectivity index (χ1) is 12.8. The highest BCUT2D eigenvalue weighted by Crippen LogP contribution is 2.34. The van der Waals surface area contributed by atoms with Crippen LogP contribution in [-0.2, 0) is 9.59 Å². The van der Waals surface area contributed by atoms with Crippen molar-refractivity contribution in [3.05, 3.63) is 40.9 Å². The smallest absolute Gasteiger partial charge is 0.270 e. The highest BCUT2D eigenvalue weighted by molar-refractivity contribution is 6.30. The van der Waals surface area contributed by atoms with Crippen LogP contribution in [0.1, 0.15) is 19.4 Å². The highest BCUT2D eigenvalue weighted by atomic mass is 35.5. The molecule has 0 spiro atoms. The molecule has 1 aliphatic rings.